The van der Waals surface area contributed by atoms with Crippen molar-refractivity contribution in [2.45, 2.75) is 49.9 Å². The molecular formula is C22H32IN5S. The van der Waals surface area contributed by atoms with Crippen molar-refractivity contribution in [3.8, 4) is 0 Å². The molecule has 158 valence electrons. The molecule has 0 radical (unpaired) electrons. The number of imidazole rings is 1. The van der Waals surface area contributed by atoms with Gasteiger partial charge in [-0.15, -0.1) is 24.0 Å². The van der Waals surface area contributed by atoms with Gasteiger partial charge in [-0.05, 0) is 24.0 Å². The van der Waals surface area contributed by atoms with Crippen LogP contribution in [0.25, 0.3) is 0 Å². The summed E-state index contributed by atoms with van der Waals surface area (Å²) in [6.07, 6.45) is 12.6. The monoisotopic (exact) mass is 525 g/mol. The second kappa shape index (κ2) is 10.7. The van der Waals surface area contributed by atoms with E-state index >= 15 is 0 Å². The number of aromatic nitrogens is 2. The predicted molar refractivity (Wildman–Crippen MR) is 133 cm³/mol. The molecule has 0 unspecified atom stereocenters. The fraction of sp³-hybridized carbons (Fsp3) is 0.545. The van der Waals surface area contributed by atoms with Gasteiger partial charge in [0.05, 0.1) is 6.33 Å². The Hall–Kier alpha value is -1.22. The highest BCUT2D eigenvalue weighted by atomic mass is 127. The Kier molecular flexibility index (Phi) is 8.29. The first-order valence-corrected chi connectivity index (χ1v) is 11.4. The zero-order chi connectivity index (χ0) is 19.2. The van der Waals surface area contributed by atoms with Crippen molar-refractivity contribution in [1.29, 1.82) is 0 Å². The number of benzene rings is 1. The van der Waals surface area contributed by atoms with Crippen LogP contribution in [0.15, 0.2) is 48.0 Å². The minimum atomic E-state index is 0. The smallest absolute Gasteiger partial charge is 0.193 e. The molecule has 1 aliphatic heterocycles. The summed E-state index contributed by atoms with van der Waals surface area (Å²) in [6, 6.07) is 8.77. The number of nitrogens with one attached hydrogen (secondary N) is 1. The van der Waals surface area contributed by atoms with Gasteiger partial charge in [-0.3, -0.25) is 4.99 Å². The molecule has 29 heavy (non-hydrogen) atoms. The predicted octanol–water partition coefficient (Wildman–Crippen LogP) is 4.38. The zero-order valence-corrected chi connectivity index (χ0v) is 20.4. The molecular weight excluding hydrogens is 493 g/mol. The van der Waals surface area contributed by atoms with Crippen LogP contribution in [-0.2, 0) is 13.1 Å². The van der Waals surface area contributed by atoms with E-state index in [2.05, 4.69) is 60.8 Å². The molecule has 1 saturated heterocycles. The van der Waals surface area contributed by atoms with E-state index in [1.165, 1.54) is 49.0 Å². The Labute approximate surface area is 195 Å². The molecule has 7 heteroatoms. The van der Waals surface area contributed by atoms with Gasteiger partial charge in [-0.1, -0.05) is 43.5 Å². The van der Waals surface area contributed by atoms with Gasteiger partial charge in [-0.25, -0.2) is 4.98 Å². The molecule has 0 amide bonds. The quantitative estimate of drug-likeness (QED) is 0.366. The summed E-state index contributed by atoms with van der Waals surface area (Å²) in [5.41, 5.74) is 2.58. The van der Waals surface area contributed by atoms with Crippen LogP contribution < -0.4 is 5.32 Å². The minimum Gasteiger partial charge on any atom is -0.352 e. The Morgan fingerprint density at radius 1 is 1.24 bits per heavy atom. The summed E-state index contributed by atoms with van der Waals surface area (Å²) in [5.74, 6) is 2.26. The number of aliphatic imine (C=N–C) groups is 1. The van der Waals surface area contributed by atoms with Gasteiger partial charge < -0.3 is 14.8 Å². The largest absolute Gasteiger partial charge is 0.352 e. The van der Waals surface area contributed by atoms with Crippen molar-refractivity contribution in [3.05, 3.63) is 54.1 Å². The summed E-state index contributed by atoms with van der Waals surface area (Å²) < 4.78 is 2.55. The number of hydrogen-bond acceptors (Lipinski definition) is 3. The highest BCUT2D eigenvalue weighted by Crippen LogP contribution is 2.42. The average molecular weight is 526 g/mol. The summed E-state index contributed by atoms with van der Waals surface area (Å²) in [5, 5.41) is 3.61. The van der Waals surface area contributed by atoms with E-state index in [9.17, 15) is 0 Å². The standard InChI is InChI=1S/C22H31N5S.HI/c1-23-21(27-12-13-28-22(17-27)8-3-2-4-9-22)25-15-19-6-5-7-20(14-19)16-26-11-10-24-18-26;/h5-7,10-11,14,18H,2-4,8-9,12-13,15-17H2,1H3,(H,23,25);1H. The molecule has 2 aromatic rings. The second-order valence-electron chi connectivity index (χ2n) is 7.97. The lowest BCUT2D eigenvalue weighted by Crippen LogP contribution is -2.53. The van der Waals surface area contributed by atoms with Crippen molar-refractivity contribution < 1.29 is 0 Å². The van der Waals surface area contributed by atoms with Crippen LogP contribution in [-0.4, -0.2) is 51.0 Å². The molecule has 4 rings (SSSR count). The first kappa shape index (κ1) is 22.5. The molecule has 1 aliphatic carbocycles. The molecule has 5 nitrogen and oxygen atoms in total. The Balaban J connectivity index is 0.00000240. The van der Waals surface area contributed by atoms with Crippen molar-refractivity contribution in [3.63, 3.8) is 0 Å². The summed E-state index contributed by atoms with van der Waals surface area (Å²) >= 11 is 2.20. The topological polar surface area (TPSA) is 45.5 Å². The van der Waals surface area contributed by atoms with E-state index in [1.807, 2.05) is 25.8 Å². The third kappa shape index (κ3) is 5.90. The Morgan fingerprint density at radius 2 is 2.07 bits per heavy atom. The Bertz CT molecular complexity index is 781. The van der Waals surface area contributed by atoms with Crippen molar-refractivity contribution in [2.24, 2.45) is 4.99 Å². The SMILES string of the molecule is CN=C(NCc1cccc(Cn2ccnc2)c1)N1CCSC2(CCCCC2)C1.I. The number of thioether (sulfide) groups is 1. The molecule has 1 aromatic carbocycles. The van der Waals surface area contributed by atoms with Crippen LogP contribution in [0.1, 0.15) is 43.2 Å². The van der Waals surface area contributed by atoms with Crippen molar-refractivity contribution >= 4 is 41.7 Å². The number of rotatable bonds is 4. The highest BCUT2D eigenvalue weighted by Gasteiger charge is 2.38. The van der Waals surface area contributed by atoms with E-state index in [4.69, 9.17) is 0 Å². The molecule has 2 aliphatic rings. The van der Waals surface area contributed by atoms with E-state index < -0.39 is 0 Å². The maximum absolute atomic E-state index is 4.60. The third-order valence-electron chi connectivity index (χ3n) is 5.89. The fourth-order valence-corrected chi connectivity index (χ4v) is 6.04. The molecule has 1 aromatic heterocycles. The van der Waals surface area contributed by atoms with Crippen LogP contribution in [0.3, 0.4) is 0 Å². The van der Waals surface area contributed by atoms with Crippen LogP contribution in [0, 0.1) is 0 Å². The van der Waals surface area contributed by atoms with Gasteiger partial charge in [0.25, 0.3) is 0 Å². The molecule has 2 fully saturated rings. The zero-order valence-electron chi connectivity index (χ0n) is 17.2. The lowest BCUT2D eigenvalue weighted by atomic mass is 9.87. The van der Waals surface area contributed by atoms with E-state index in [1.54, 1.807) is 0 Å². The van der Waals surface area contributed by atoms with Gasteiger partial charge in [0, 0.05) is 56.1 Å². The number of nitrogens with zero attached hydrogens (tertiary/aromatic N) is 4. The van der Waals surface area contributed by atoms with E-state index in [-0.39, 0.29) is 24.0 Å². The number of hydrogen-bond donors (Lipinski definition) is 1. The van der Waals surface area contributed by atoms with Gasteiger partial charge in [0.15, 0.2) is 5.96 Å². The second-order valence-corrected chi connectivity index (χ2v) is 9.53. The van der Waals surface area contributed by atoms with Gasteiger partial charge >= 0.3 is 0 Å². The molecule has 1 saturated carbocycles. The van der Waals surface area contributed by atoms with Gasteiger partial charge in [-0.2, -0.15) is 11.8 Å². The van der Waals surface area contributed by atoms with Crippen LogP contribution in [0.5, 0.6) is 0 Å². The lowest BCUT2D eigenvalue weighted by molar-refractivity contribution is 0.293. The summed E-state index contributed by atoms with van der Waals surface area (Å²) in [7, 11) is 1.91. The van der Waals surface area contributed by atoms with E-state index in [0.29, 0.717) is 4.75 Å². The summed E-state index contributed by atoms with van der Waals surface area (Å²) in [4.78, 5) is 11.2. The van der Waals surface area contributed by atoms with Crippen LogP contribution in [0.2, 0.25) is 0 Å². The highest BCUT2D eigenvalue weighted by molar-refractivity contribution is 14.0. The minimum absolute atomic E-state index is 0. The lowest BCUT2D eigenvalue weighted by Gasteiger charge is -2.45. The average Bonchev–Trinajstić information content (AvgIpc) is 3.22. The van der Waals surface area contributed by atoms with E-state index in [0.717, 1.165) is 32.1 Å². The number of halogens is 1. The van der Waals surface area contributed by atoms with Gasteiger partial charge in [0.1, 0.15) is 0 Å². The molecule has 0 bridgehead atoms. The van der Waals surface area contributed by atoms with Crippen LogP contribution >= 0.6 is 35.7 Å². The molecule has 1 N–H and O–H groups in total. The first-order chi connectivity index (χ1) is 13.8. The maximum Gasteiger partial charge on any atom is 0.193 e. The van der Waals surface area contributed by atoms with Crippen LogP contribution in [0.4, 0.5) is 0 Å². The normalized spacial score (nSPS) is 19.1. The fourth-order valence-electron chi connectivity index (χ4n) is 4.47. The van der Waals surface area contributed by atoms with Gasteiger partial charge in [0.2, 0.25) is 0 Å². The van der Waals surface area contributed by atoms with Crippen molar-refractivity contribution in [2.75, 3.05) is 25.9 Å². The molecule has 1 spiro atoms. The molecule has 2 heterocycles. The number of guanidine groups is 1. The maximum atomic E-state index is 4.60. The summed E-state index contributed by atoms with van der Waals surface area (Å²) in [6.45, 7) is 3.89. The molecule has 0 atom stereocenters. The van der Waals surface area contributed by atoms with Crippen molar-refractivity contribution in [1.82, 2.24) is 19.8 Å². The third-order valence-corrected chi connectivity index (χ3v) is 7.43. The first-order valence-electron chi connectivity index (χ1n) is 10.4. The Morgan fingerprint density at radius 3 is 2.83 bits per heavy atom.